The van der Waals surface area contributed by atoms with Crippen molar-refractivity contribution in [2.75, 3.05) is 6.54 Å². The Kier molecular flexibility index (Phi) is 15.3. The maximum atomic E-state index is 14.4. The van der Waals surface area contributed by atoms with Crippen molar-refractivity contribution in [1.29, 1.82) is 0 Å². The maximum absolute atomic E-state index is 14.4. The summed E-state index contributed by atoms with van der Waals surface area (Å²) in [5.74, 6) is -18.6. The molecule has 0 bridgehead atoms. The van der Waals surface area contributed by atoms with Crippen molar-refractivity contribution < 1.29 is 159 Å². The van der Waals surface area contributed by atoms with Gasteiger partial charge < -0.3 is 30.0 Å². The van der Waals surface area contributed by atoms with Crippen LogP contribution in [0.25, 0.3) is 0 Å². The average Bonchev–Trinajstić information content (AvgIpc) is 2.89. The molecule has 0 rings (SSSR count). The standard InChI is InChI=1S/C18H16F23NO12P2/c19-8(10(22,23)24,6(43)42-5-3-1-2-4-7(44,55(45,46)47)56(48,49)50)51-13(30,31)14(32,33)53-17(38,39)18(40,41)54-16(36,37)15(34,35)52-12(28,29)9(20,21)11(25,26)27/h44H,1-5H2,(H,42,43)(H2,45,46,47)(H2,48,49,50). The van der Waals surface area contributed by atoms with Gasteiger partial charge in [-0.2, -0.15) is 101 Å². The normalized spacial score (nSPS) is 16.9. The van der Waals surface area contributed by atoms with Crippen molar-refractivity contribution in [3.8, 4) is 0 Å². The Hall–Kier alpha value is -2.04. The van der Waals surface area contributed by atoms with E-state index in [1.807, 2.05) is 4.74 Å². The molecule has 38 heteroatoms. The smallest absolute Gasteiger partial charge is 0.368 e. The first kappa shape index (κ1) is 54.0. The van der Waals surface area contributed by atoms with Crippen molar-refractivity contribution in [1.82, 2.24) is 5.32 Å². The first-order valence-electron chi connectivity index (χ1n) is 12.7. The number of hydrogen-bond acceptors (Lipinski definition) is 8. The average molecular weight is 937 g/mol. The first-order valence-corrected chi connectivity index (χ1v) is 16.0. The quantitative estimate of drug-likeness (QED) is 0.0427. The zero-order chi connectivity index (χ0) is 45.6. The summed E-state index contributed by atoms with van der Waals surface area (Å²) in [7, 11) is -12.1. The van der Waals surface area contributed by atoms with Crippen LogP contribution in [0.5, 0.6) is 0 Å². The molecule has 0 aromatic carbocycles. The van der Waals surface area contributed by atoms with Crippen LogP contribution in [0.4, 0.5) is 101 Å². The number of rotatable bonds is 21. The highest BCUT2D eigenvalue weighted by atomic mass is 31.2. The van der Waals surface area contributed by atoms with Gasteiger partial charge in [-0.3, -0.25) is 18.7 Å². The van der Waals surface area contributed by atoms with Crippen LogP contribution < -0.4 is 5.32 Å². The number of carbonyl (C=O) groups excluding carboxylic acids is 1. The number of amides is 1. The topological polar surface area (TPSA) is 201 Å². The lowest BCUT2D eigenvalue weighted by Gasteiger charge is -2.37. The number of aliphatic hydroxyl groups is 1. The van der Waals surface area contributed by atoms with Gasteiger partial charge in [0, 0.05) is 6.54 Å². The molecule has 0 aromatic heterocycles. The third-order valence-electron chi connectivity index (χ3n) is 5.84. The Morgan fingerprint density at radius 2 is 0.768 bits per heavy atom. The van der Waals surface area contributed by atoms with Crippen LogP contribution in [0, 0.1) is 0 Å². The number of hydrogen-bond donors (Lipinski definition) is 6. The molecule has 0 spiro atoms. The van der Waals surface area contributed by atoms with Gasteiger partial charge in [0.1, 0.15) is 0 Å². The van der Waals surface area contributed by atoms with Crippen molar-refractivity contribution in [3.63, 3.8) is 0 Å². The zero-order valence-corrected chi connectivity index (χ0v) is 27.0. The van der Waals surface area contributed by atoms with Gasteiger partial charge in [-0.05, 0) is 19.3 Å². The van der Waals surface area contributed by atoms with Gasteiger partial charge in [0.25, 0.3) is 11.0 Å². The predicted molar refractivity (Wildman–Crippen MR) is 120 cm³/mol. The number of carbonyl (C=O) groups is 1. The molecule has 0 fully saturated rings. The van der Waals surface area contributed by atoms with Gasteiger partial charge in [-0.25, -0.2) is 14.2 Å². The van der Waals surface area contributed by atoms with E-state index in [4.69, 9.17) is 19.6 Å². The van der Waals surface area contributed by atoms with Crippen LogP contribution in [0.3, 0.4) is 0 Å². The summed E-state index contributed by atoms with van der Waals surface area (Å²) in [5, 5.41) is 6.17. The minimum Gasteiger partial charge on any atom is -0.368 e. The number of halogens is 23. The van der Waals surface area contributed by atoms with Crippen LogP contribution in [0.2, 0.25) is 0 Å². The van der Waals surface area contributed by atoms with Gasteiger partial charge in [-0.1, -0.05) is 6.42 Å². The van der Waals surface area contributed by atoms with E-state index in [1.165, 1.54) is 9.47 Å². The van der Waals surface area contributed by atoms with Crippen LogP contribution >= 0.6 is 15.2 Å². The summed E-state index contributed by atoms with van der Waals surface area (Å²) in [6.45, 7) is -1.52. The third-order valence-corrected chi connectivity index (χ3v) is 9.72. The summed E-state index contributed by atoms with van der Waals surface area (Å²) >= 11 is 0. The molecule has 56 heavy (non-hydrogen) atoms. The summed E-state index contributed by atoms with van der Waals surface area (Å²) in [6, 6.07) is 0. The van der Waals surface area contributed by atoms with Gasteiger partial charge in [0.2, 0.25) is 0 Å². The van der Waals surface area contributed by atoms with E-state index < -0.39 is 125 Å². The molecule has 0 radical (unpaired) electrons. The van der Waals surface area contributed by atoms with E-state index in [1.54, 1.807) is 0 Å². The molecular weight excluding hydrogens is 921 g/mol. The Balaban J connectivity index is 6.15. The lowest BCUT2D eigenvalue weighted by atomic mass is 10.2. The minimum absolute atomic E-state index is 0.643. The predicted octanol–water partition coefficient (Wildman–Crippen LogP) is 6.31. The van der Waals surface area contributed by atoms with Crippen LogP contribution in [0.15, 0.2) is 0 Å². The second kappa shape index (κ2) is 15.9. The SMILES string of the molecule is O=C(NCCCCCC(O)(P(=O)(O)O)P(=O)(O)O)C(F)(OC(F)(F)C(F)(F)OC(F)(F)C(F)(F)OC(F)(F)C(F)(F)OC(F)(F)C(F)(F)C(F)(F)F)C(F)(F)F. The molecule has 1 unspecified atom stereocenters. The Bertz CT molecular complexity index is 1460. The van der Waals surface area contributed by atoms with Crippen molar-refractivity contribution >= 4 is 21.1 Å². The number of alkyl halides is 23. The van der Waals surface area contributed by atoms with Gasteiger partial charge in [0.05, 0.1) is 0 Å². The third kappa shape index (κ3) is 11.2. The lowest BCUT2D eigenvalue weighted by Crippen LogP contribution is -2.64. The van der Waals surface area contributed by atoms with Crippen LogP contribution in [-0.2, 0) is 32.9 Å². The molecule has 13 nitrogen and oxygen atoms in total. The largest absolute Gasteiger partial charge is 0.462 e. The van der Waals surface area contributed by atoms with Crippen molar-refractivity contribution in [3.05, 3.63) is 0 Å². The number of ether oxygens (including phenoxy) is 4. The second-order valence-electron chi connectivity index (χ2n) is 10.1. The van der Waals surface area contributed by atoms with Crippen LogP contribution in [-0.4, -0.2) is 109 Å². The highest BCUT2D eigenvalue weighted by molar-refractivity contribution is 7.72. The van der Waals surface area contributed by atoms with Crippen LogP contribution in [0.1, 0.15) is 25.7 Å². The molecule has 6 N–H and O–H groups in total. The first-order chi connectivity index (χ1) is 24.0. The van der Waals surface area contributed by atoms with Gasteiger partial charge >= 0.3 is 82.1 Å². The zero-order valence-electron chi connectivity index (χ0n) is 25.2. The second-order valence-corrected chi connectivity index (χ2v) is 14.1. The molecular formula is C18H16F23NO12P2. The summed E-state index contributed by atoms with van der Waals surface area (Å²) in [4.78, 5) is 47.4. The Morgan fingerprint density at radius 3 is 1.05 bits per heavy atom. The molecule has 0 aliphatic carbocycles. The Labute approximate surface area is 290 Å². The van der Waals surface area contributed by atoms with Gasteiger partial charge in [0.15, 0.2) is 0 Å². The van der Waals surface area contributed by atoms with E-state index >= 15 is 0 Å². The van der Waals surface area contributed by atoms with E-state index in [2.05, 4.69) is 0 Å². The molecule has 336 valence electrons. The molecule has 0 aliphatic rings. The Morgan fingerprint density at radius 1 is 0.464 bits per heavy atom. The molecule has 0 aromatic rings. The molecule has 0 saturated carbocycles. The fourth-order valence-corrected chi connectivity index (χ4v) is 5.18. The lowest BCUT2D eigenvalue weighted by molar-refractivity contribution is -0.582. The minimum atomic E-state index is -8.20. The fraction of sp³-hybridized carbons (Fsp3) is 0.944. The highest BCUT2D eigenvalue weighted by Crippen LogP contribution is 2.69. The monoisotopic (exact) mass is 937 g/mol. The van der Waals surface area contributed by atoms with Crippen molar-refractivity contribution in [2.24, 2.45) is 0 Å². The number of nitrogens with one attached hydrogen (secondary N) is 1. The molecule has 0 saturated heterocycles. The summed E-state index contributed by atoms with van der Waals surface area (Å²) < 4.78 is 332. The van der Waals surface area contributed by atoms with E-state index in [9.17, 15) is 120 Å². The van der Waals surface area contributed by atoms with E-state index in [0.717, 1.165) is 4.74 Å². The van der Waals surface area contributed by atoms with E-state index in [-0.39, 0.29) is 0 Å². The van der Waals surface area contributed by atoms with Gasteiger partial charge in [-0.15, -0.1) is 0 Å². The van der Waals surface area contributed by atoms with E-state index in [0.29, 0.717) is 5.32 Å². The molecule has 1 atom stereocenters. The van der Waals surface area contributed by atoms with Crippen molar-refractivity contribution in [2.45, 2.75) is 97.7 Å². The molecule has 1 amide bonds. The highest BCUT2D eigenvalue weighted by Gasteiger charge is 2.82. The molecule has 0 aliphatic heterocycles. The fourth-order valence-electron chi connectivity index (χ4n) is 2.92. The maximum Gasteiger partial charge on any atom is 0.462 e. The molecule has 0 heterocycles. The summed E-state index contributed by atoms with van der Waals surface area (Å²) in [6.07, 6.45) is -76.0. The summed E-state index contributed by atoms with van der Waals surface area (Å²) in [5.41, 5.74) is 0. The number of unbranched alkanes of at least 4 members (excludes halogenated alkanes) is 2.